The van der Waals surface area contributed by atoms with Gasteiger partial charge in [0, 0.05) is 0 Å². The molecule has 0 aliphatic carbocycles. The monoisotopic (exact) mass is 313 g/mol. The van der Waals surface area contributed by atoms with Crippen molar-refractivity contribution >= 4 is 24.4 Å². The van der Waals surface area contributed by atoms with Gasteiger partial charge in [-0.15, -0.1) is 0 Å². The summed E-state index contributed by atoms with van der Waals surface area (Å²) in [6.45, 7) is 8.94. The molecule has 0 nitrogen and oxygen atoms in total. The van der Waals surface area contributed by atoms with Crippen molar-refractivity contribution in [1.82, 2.24) is 0 Å². The molecule has 0 fully saturated rings. The van der Waals surface area contributed by atoms with Crippen LogP contribution in [0.5, 0.6) is 0 Å². The van der Waals surface area contributed by atoms with Gasteiger partial charge in [0.05, 0.1) is 0 Å². The van der Waals surface area contributed by atoms with Crippen LogP contribution in [0.4, 0.5) is 0 Å². The molecule has 0 spiro atoms. The van der Waals surface area contributed by atoms with Crippen molar-refractivity contribution < 1.29 is 0 Å². The molecular weight excluding hydrogens is 292 g/mol. The smallest absolute Gasteiger partial charge is 0.0986 e. The summed E-state index contributed by atoms with van der Waals surface area (Å²) in [7, 11) is -1.08. The van der Waals surface area contributed by atoms with Crippen LogP contribution in [0.25, 0.3) is 5.20 Å². The third kappa shape index (κ3) is 3.20. The van der Waals surface area contributed by atoms with Gasteiger partial charge in [-0.3, -0.25) is 0 Å². The van der Waals surface area contributed by atoms with E-state index in [-0.39, 0.29) is 0 Å². The number of hydrogen-bond donors (Lipinski definition) is 0. The average molecular weight is 313 g/mol. The first-order valence-corrected chi connectivity index (χ1v) is 9.42. The number of aryl methyl sites for hydroxylation is 2. The number of rotatable bonds is 4. The first-order chi connectivity index (χ1) is 11.2. The maximum atomic E-state index is 4.51. The van der Waals surface area contributed by atoms with Crippen molar-refractivity contribution in [2.24, 2.45) is 0 Å². The van der Waals surface area contributed by atoms with Crippen molar-refractivity contribution in [2.45, 2.75) is 13.8 Å². The fraction of sp³-hybridized carbons (Fsp3) is 0.0909. The van der Waals surface area contributed by atoms with Crippen LogP contribution in [0.2, 0.25) is 0 Å². The van der Waals surface area contributed by atoms with E-state index < -0.39 is 8.80 Å². The summed E-state index contributed by atoms with van der Waals surface area (Å²) in [5.41, 5.74) is 3.97. The summed E-state index contributed by atoms with van der Waals surface area (Å²) in [6, 6.07) is 28.0. The summed E-state index contributed by atoms with van der Waals surface area (Å²) in [5, 5.41) is 4.11. The van der Waals surface area contributed by atoms with Gasteiger partial charge in [-0.2, -0.15) is 0 Å². The number of benzene rings is 3. The maximum absolute atomic E-state index is 4.51. The predicted molar refractivity (Wildman–Crippen MR) is 103 cm³/mol. The zero-order valence-corrected chi connectivity index (χ0v) is 14.7. The SMILES string of the molecule is C=C(c1ccccc1)[Si](c1ccccc1)c1c(C)cccc1C. The Balaban J connectivity index is 2.18. The van der Waals surface area contributed by atoms with Crippen molar-refractivity contribution in [3.05, 3.63) is 102 Å². The fourth-order valence-corrected chi connectivity index (χ4v) is 5.94. The Kier molecular flexibility index (Phi) is 4.59. The second-order valence-corrected chi connectivity index (χ2v) is 8.28. The second-order valence-electron chi connectivity index (χ2n) is 5.85. The highest BCUT2D eigenvalue weighted by atomic mass is 28.3. The second kappa shape index (κ2) is 6.80. The lowest BCUT2D eigenvalue weighted by Gasteiger charge is -2.23. The molecule has 1 radical (unpaired) electrons. The van der Waals surface area contributed by atoms with Gasteiger partial charge in [-0.1, -0.05) is 107 Å². The van der Waals surface area contributed by atoms with Gasteiger partial charge in [-0.25, -0.2) is 0 Å². The normalized spacial score (nSPS) is 10.7. The molecule has 0 bridgehead atoms. The van der Waals surface area contributed by atoms with E-state index >= 15 is 0 Å². The van der Waals surface area contributed by atoms with Crippen LogP contribution >= 0.6 is 0 Å². The molecule has 0 heterocycles. The predicted octanol–water partition coefficient (Wildman–Crippen LogP) is 4.17. The summed E-state index contributed by atoms with van der Waals surface area (Å²) in [5.74, 6) is 0. The Morgan fingerprint density at radius 3 is 1.78 bits per heavy atom. The Hall–Kier alpha value is -2.38. The largest absolute Gasteiger partial charge is 0.155 e. The highest BCUT2D eigenvalue weighted by molar-refractivity contribution is 7.00. The fourth-order valence-electron chi connectivity index (χ4n) is 3.07. The molecule has 1 heteroatoms. The molecule has 0 aliphatic rings. The zero-order chi connectivity index (χ0) is 16.2. The summed E-state index contributed by atoms with van der Waals surface area (Å²) < 4.78 is 0. The lowest BCUT2D eigenvalue weighted by atomic mass is 10.1. The van der Waals surface area contributed by atoms with Crippen molar-refractivity contribution in [3.63, 3.8) is 0 Å². The van der Waals surface area contributed by atoms with Crippen LogP contribution in [-0.2, 0) is 0 Å². The van der Waals surface area contributed by atoms with E-state index in [4.69, 9.17) is 0 Å². The molecular formula is C22H21Si. The topological polar surface area (TPSA) is 0 Å². The maximum Gasteiger partial charge on any atom is 0.155 e. The standard InChI is InChI=1S/C22H21Si/c1-17-11-10-12-18(2)22(17)23(21-15-8-5-9-16-21)19(3)20-13-6-4-7-14-20/h4-16H,3H2,1-2H3. The quantitative estimate of drug-likeness (QED) is 0.634. The van der Waals surface area contributed by atoms with Crippen LogP contribution in [0.15, 0.2) is 85.4 Å². The minimum atomic E-state index is -1.08. The molecule has 0 atom stereocenters. The highest BCUT2D eigenvalue weighted by Crippen LogP contribution is 2.18. The first-order valence-electron chi connectivity index (χ1n) is 7.92. The van der Waals surface area contributed by atoms with Crippen LogP contribution < -0.4 is 10.4 Å². The first kappa shape index (κ1) is 15.5. The van der Waals surface area contributed by atoms with Crippen LogP contribution in [0.3, 0.4) is 0 Å². The third-order valence-corrected chi connectivity index (χ3v) is 7.31. The Morgan fingerprint density at radius 2 is 1.22 bits per heavy atom. The van der Waals surface area contributed by atoms with E-state index in [1.165, 1.54) is 32.3 Å². The van der Waals surface area contributed by atoms with E-state index in [2.05, 4.69) is 99.3 Å². The molecule has 23 heavy (non-hydrogen) atoms. The van der Waals surface area contributed by atoms with Crippen LogP contribution in [-0.4, -0.2) is 8.80 Å². The molecule has 0 amide bonds. The van der Waals surface area contributed by atoms with Gasteiger partial charge in [-0.05, 0) is 24.6 Å². The van der Waals surface area contributed by atoms with Crippen LogP contribution in [0, 0.1) is 13.8 Å². The third-order valence-electron chi connectivity index (χ3n) is 4.22. The van der Waals surface area contributed by atoms with Gasteiger partial charge in [0.15, 0.2) is 8.80 Å². The molecule has 0 aliphatic heterocycles. The zero-order valence-electron chi connectivity index (χ0n) is 13.7. The van der Waals surface area contributed by atoms with Gasteiger partial charge in [0.25, 0.3) is 0 Å². The summed E-state index contributed by atoms with van der Waals surface area (Å²) in [4.78, 5) is 0. The molecule has 3 aromatic rings. The molecule has 3 rings (SSSR count). The van der Waals surface area contributed by atoms with Gasteiger partial charge in [0.2, 0.25) is 0 Å². The van der Waals surface area contributed by atoms with E-state index in [1.807, 2.05) is 0 Å². The van der Waals surface area contributed by atoms with Gasteiger partial charge >= 0.3 is 0 Å². The van der Waals surface area contributed by atoms with Crippen molar-refractivity contribution in [3.8, 4) is 0 Å². The van der Waals surface area contributed by atoms with E-state index in [0.29, 0.717) is 0 Å². The Bertz CT molecular complexity index is 784. The van der Waals surface area contributed by atoms with Gasteiger partial charge < -0.3 is 0 Å². The average Bonchev–Trinajstić information content (AvgIpc) is 2.59. The highest BCUT2D eigenvalue weighted by Gasteiger charge is 2.24. The minimum Gasteiger partial charge on any atom is -0.0986 e. The van der Waals surface area contributed by atoms with E-state index in [1.54, 1.807) is 0 Å². The summed E-state index contributed by atoms with van der Waals surface area (Å²) in [6.07, 6.45) is 0. The minimum absolute atomic E-state index is 1.08. The molecule has 0 N–H and O–H groups in total. The lowest BCUT2D eigenvalue weighted by molar-refractivity contribution is 1.43. The Labute approximate surface area is 140 Å². The molecule has 113 valence electrons. The molecule has 0 saturated carbocycles. The van der Waals surface area contributed by atoms with E-state index in [0.717, 1.165) is 0 Å². The van der Waals surface area contributed by atoms with E-state index in [9.17, 15) is 0 Å². The van der Waals surface area contributed by atoms with Crippen molar-refractivity contribution in [2.75, 3.05) is 0 Å². The van der Waals surface area contributed by atoms with Gasteiger partial charge in [0.1, 0.15) is 0 Å². The molecule has 0 unspecified atom stereocenters. The molecule has 0 aromatic heterocycles. The van der Waals surface area contributed by atoms with Crippen molar-refractivity contribution in [1.29, 1.82) is 0 Å². The lowest BCUT2D eigenvalue weighted by Crippen LogP contribution is -2.45. The van der Waals surface area contributed by atoms with Crippen LogP contribution in [0.1, 0.15) is 16.7 Å². The number of hydrogen-bond acceptors (Lipinski definition) is 0. The molecule has 3 aromatic carbocycles. The Morgan fingerprint density at radius 1 is 0.696 bits per heavy atom. The summed E-state index contributed by atoms with van der Waals surface area (Å²) >= 11 is 0. The molecule has 0 saturated heterocycles.